The first-order valence-corrected chi connectivity index (χ1v) is 8.00. The van der Waals surface area contributed by atoms with E-state index in [0.717, 1.165) is 44.5 Å². The standard InChI is InChI=1S/C17H26N2O2/c1-2-21-17(20)11-4-3-5-12-19-13-7-8-14-15(18)9-6-10-16(14)19/h6,9-10H,2-5,7-8,11-13,18H2,1H3. The predicted octanol–water partition coefficient (Wildman–Crippen LogP) is 3.14. The van der Waals surface area contributed by atoms with Crippen molar-refractivity contribution in [3.63, 3.8) is 0 Å². The van der Waals surface area contributed by atoms with Gasteiger partial charge in [0.25, 0.3) is 0 Å². The molecule has 1 aliphatic heterocycles. The Morgan fingerprint density at radius 1 is 1.33 bits per heavy atom. The highest BCUT2D eigenvalue weighted by Gasteiger charge is 2.17. The van der Waals surface area contributed by atoms with Crippen molar-refractivity contribution in [2.75, 3.05) is 30.3 Å². The van der Waals surface area contributed by atoms with E-state index in [0.29, 0.717) is 13.0 Å². The van der Waals surface area contributed by atoms with Crippen molar-refractivity contribution in [1.29, 1.82) is 0 Å². The fraction of sp³-hybridized carbons (Fsp3) is 0.588. The average molecular weight is 290 g/mol. The van der Waals surface area contributed by atoms with Crippen molar-refractivity contribution in [1.82, 2.24) is 0 Å². The summed E-state index contributed by atoms with van der Waals surface area (Å²) in [6, 6.07) is 6.19. The number of carbonyl (C=O) groups excluding carboxylic acids is 1. The van der Waals surface area contributed by atoms with Crippen LogP contribution >= 0.6 is 0 Å². The minimum absolute atomic E-state index is 0.0754. The van der Waals surface area contributed by atoms with Crippen molar-refractivity contribution in [3.8, 4) is 0 Å². The number of benzene rings is 1. The van der Waals surface area contributed by atoms with Crippen molar-refractivity contribution in [2.45, 2.75) is 45.4 Å². The van der Waals surface area contributed by atoms with Gasteiger partial charge in [0.2, 0.25) is 0 Å². The molecule has 0 aromatic heterocycles. The number of nitrogen functional groups attached to an aromatic ring is 1. The second-order valence-corrected chi connectivity index (χ2v) is 5.55. The molecule has 0 unspecified atom stereocenters. The zero-order valence-corrected chi connectivity index (χ0v) is 12.9. The molecule has 0 saturated carbocycles. The number of rotatable bonds is 7. The van der Waals surface area contributed by atoms with E-state index < -0.39 is 0 Å². The molecule has 2 N–H and O–H groups in total. The third-order valence-corrected chi connectivity index (χ3v) is 4.00. The van der Waals surface area contributed by atoms with Crippen LogP contribution in [0.5, 0.6) is 0 Å². The van der Waals surface area contributed by atoms with Gasteiger partial charge in [-0.05, 0) is 50.3 Å². The van der Waals surface area contributed by atoms with E-state index in [1.165, 1.54) is 17.7 Å². The minimum atomic E-state index is -0.0754. The number of esters is 1. The van der Waals surface area contributed by atoms with Gasteiger partial charge in [-0.3, -0.25) is 4.79 Å². The molecule has 0 atom stereocenters. The number of nitrogens with zero attached hydrogens (tertiary/aromatic N) is 1. The highest BCUT2D eigenvalue weighted by molar-refractivity contribution is 5.69. The maximum absolute atomic E-state index is 11.3. The first-order chi connectivity index (χ1) is 10.2. The van der Waals surface area contributed by atoms with Gasteiger partial charge in [0, 0.05) is 30.9 Å². The van der Waals surface area contributed by atoms with E-state index in [-0.39, 0.29) is 5.97 Å². The van der Waals surface area contributed by atoms with Crippen LogP contribution in [0.25, 0.3) is 0 Å². The molecule has 116 valence electrons. The van der Waals surface area contributed by atoms with Gasteiger partial charge < -0.3 is 15.4 Å². The lowest BCUT2D eigenvalue weighted by atomic mass is 9.99. The van der Waals surface area contributed by atoms with Crippen LogP contribution in [0.4, 0.5) is 11.4 Å². The monoisotopic (exact) mass is 290 g/mol. The lowest BCUT2D eigenvalue weighted by Crippen LogP contribution is -2.30. The summed E-state index contributed by atoms with van der Waals surface area (Å²) < 4.78 is 4.93. The first-order valence-electron chi connectivity index (χ1n) is 8.00. The lowest BCUT2D eigenvalue weighted by Gasteiger charge is -2.32. The Balaban J connectivity index is 1.75. The van der Waals surface area contributed by atoms with Crippen LogP contribution in [-0.4, -0.2) is 25.7 Å². The normalized spacial score (nSPS) is 13.9. The molecule has 21 heavy (non-hydrogen) atoms. The lowest BCUT2D eigenvalue weighted by molar-refractivity contribution is -0.143. The Bertz CT molecular complexity index is 474. The van der Waals surface area contributed by atoms with Gasteiger partial charge in [0.15, 0.2) is 0 Å². The molecule has 0 bridgehead atoms. The molecule has 0 aliphatic carbocycles. The highest BCUT2D eigenvalue weighted by Crippen LogP contribution is 2.31. The minimum Gasteiger partial charge on any atom is -0.466 e. The van der Waals surface area contributed by atoms with Gasteiger partial charge in [0.05, 0.1) is 6.61 Å². The number of ether oxygens (including phenoxy) is 1. The Labute approximate surface area is 127 Å². The Morgan fingerprint density at radius 2 is 2.19 bits per heavy atom. The van der Waals surface area contributed by atoms with Gasteiger partial charge in [-0.15, -0.1) is 0 Å². The molecule has 1 aromatic rings. The number of anilines is 2. The molecule has 4 nitrogen and oxygen atoms in total. The van der Waals surface area contributed by atoms with Gasteiger partial charge in [-0.25, -0.2) is 0 Å². The second kappa shape index (κ2) is 7.91. The summed E-state index contributed by atoms with van der Waals surface area (Å²) in [4.78, 5) is 13.7. The quantitative estimate of drug-likeness (QED) is 0.476. The zero-order valence-electron chi connectivity index (χ0n) is 12.9. The van der Waals surface area contributed by atoms with Gasteiger partial charge >= 0.3 is 5.97 Å². The topological polar surface area (TPSA) is 55.6 Å². The largest absolute Gasteiger partial charge is 0.466 e. The summed E-state index contributed by atoms with van der Waals surface area (Å²) in [5, 5.41) is 0. The van der Waals surface area contributed by atoms with Crippen LogP contribution in [0.2, 0.25) is 0 Å². The SMILES string of the molecule is CCOC(=O)CCCCCN1CCCc2c(N)cccc21. The highest BCUT2D eigenvalue weighted by atomic mass is 16.5. The number of unbranched alkanes of at least 4 members (excludes halogenated alkanes) is 2. The van der Waals surface area contributed by atoms with E-state index in [1.54, 1.807) is 0 Å². The van der Waals surface area contributed by atoms with Crippen LogP contribution in [0.3, 0.4) is 0 Å². The molecule has 1 heterocycles. The van der Waals surface area contributed by atoms with Crippen molar-refractivity contribution in [3.05, 3.63) is 23.8 Å². The summed E-state index contributed by atoms with van der Waals surface area (Å²) in [5.74, 6) is -0.0754. The smallest absolute Gasteiger partial charge is 0.305 e. The molecule has 1 aliphatic rings. The maximum Gasteiger partial charge on any atom is 0.305 e. The summed E-state index contributed by atoms with van der Waals surface area (Å²) in [6.07, 6.45) is 5.87. The molecule has 0 fully saturated rings. The third kappa shape index (κ3) is 4.38. The Kier molecular flexibility index (Phi) is 5.90. The van der Waals surface area contributed by atoms with E-state index in [4.69, 9.17) is 10.5 Å². The number of nitrogens with two attached hydrogens (primary N) is 1. The summed E-state index contributed by atoms with van der Waals surface area (Å²) in [5.41, 5.74) is 9.58. The molecule has 0 amide bonds. The predicted molar refractivity (Wildman–Crippen MR) is 86.5 cm³/mol. The zero-order chi connectivity index (χ0) is 15.1. The van der Waals surface area contributed by atoms with Crippen LogP contribution in [0.15, 0.2) is 18.2 Å². The van der Waals surface area contributed by atoms with Crippen LogP contribution in [-0.2, 0) is 16.0 Å². The summed E-state index contributed by atoms with van der Waals surface area (Å²) in [7, 11) is 0. The van der Waals surface area contributed by atoms with Crippen LogP contribution < -0.4 is 10.6 Å². The second-order valence-electron chi connectivity index (χ2n) is 5.55. The first kappa shape index (κ1) is 15.7. The number of hydrogen-bond acceptors (Lipinski definition) is 4. The van der Waals surface area contributed by atoms with Gasteiger partial charge in [-0.2, -0.15) is 0 Å². The Morgan fingerprint density at radius 3 is 3.00 bits per heavy atom. The van der Waals surface area contributed by atoms with E-state index in [9.17, 15) is 4.79 Å². The number of fused-ring (bicyclic) bond motifs is 1. The maximum atomic E-state index is 11.3. The molecule has 4 heteroatoms. The van der Waals surface area contributed by atoms with Crippen LogP contribution in [0.1, 0.15) is 44.6 Å². The van der Waals surface area contributed by atoms with Crippen LogP contribution in [0, 0.1) is 0 Å². The molecule has 0 spiro atoms. The van der Waals surface area contributed by atoms with E-state index in [2.05, 4.69) is 11.0 Å². The summed E-state index contributed by atoms with van der Waals surface area (Å²) >= 11 is 0. The third-order valence-electron chi connectivity index (χ3n) is 4.00. The van der Waals surface area contributed by atoms with Crippen molar-refractivity contribution < 1.29 is 9.53 Å². The molecule has 1 aromatic carbocycles. The van der Waals surface area contributed by atoms with E-state index >= 15 is 0 Å². The summed E-state index contributed by atoms with van der Waals surface area (Å²) in [6.45, 7) is 4.47. The van der Waals surface area contributed by atoms with Gasteiger partial charge in [0.1, 0.15) is 0 Å². The average Bonchev–Trinajstić information content (AvgIpc) is 2.48. The fourth-order valence-corrected chi connectivity index (χ4v) is 2.94. The molecular formula is C17H26N2O2. The molecule has 0 radical (unpaired) electrons. The van der Waals surface area contributed by atoms with E-state index in [1.807, 2.05) is 19.1 Å². The number of carbonyl (C=O) groups is 1. The van der Waals surface area contributed by atoms with Crippen molar-refractivity contribution >= 4 is 17.3 Å². The van der Waals surface area contributed by atoms with Crippen molar-refractivity contribution in [2.24, 2.45) is 0 Å². The fourth-order valence-electron chi connectivity index (χ4n) is 2.94. The number of hydrogen-bond donors (Lipinski definition) is 1. The Hall–Kier alpha value is -1.71. The molecular weight excluding hydrogens is 264 g/mol. The molecule has 2 rings (SSSR count). The van der Waals surface area contributed by atoms with Gasteiger partial charge in [-0.1, -0.05) is 12.5 Å². The molecule has 0 saturated heterocycles.